The molecule has 1 saturated heterocycles. The van der Waals surface area contributed by atoms with Crippen LogP contribution < -0.4 is 5.32 Å². The van der Waals surface area contributed by atoms with Crippen molar-refractivity contribution in [3.05, 3.63) is 51.6 Å². The van der Waals surface area contributed by atoms with E-state index in [-0.39, 0.29) is 11.7 Å². The van der Waals surface area contributed by atoms with Gasteiger partial charge in [0.25, 0.3) is 0 Å². The summed E-state index contributed by atoms with van der Waals surface area (Å²) in [6.07, 6.45) is 0. The molecule has 1 aromatic heterocycles. The molecule has 1 aliphatic heterocycles. The van der Waals surface area contributed by atoms with E-state index in [1.165, 1.54) is 6.07 Å². The van der Waals surface area contributed by atoms with Crippen LogP contribution in [0.25, 0.3) is 0 Å². The highest BCUT2D eigenvalue weighted by Crippen LogP contribution is 2.24. The van der Waals surface area contributed by atoms with Crippen molar-refractivity contribution in [3.63, 3.8) is 0 Å². The van der Waals surface area contributed by atoms with Gasteiger partial charge in [-0.3, -0.25) is 9.89 Å². The fourth-order valence-electron chi connectivity index (χ4n) is 3.96. The average molecular weight is 436 g/mol. The van der Waals surface area contributed by atoms with Gasteiger partial charge < -0.3 is 14.7 Å². The Balaban J connectivity index is 1.60. The molecular weight excluding hydrogens is 405 g/mol. The van der Waals surface area contributed by atoms with E-state index in [1.54, 1.807) is 12.1 Å². The van der Waals surface area contributed by atoms with Crippen molar-refractivity contribution < 1.29 is 8.91 Å². The van der Waals surface area contributed by atoms with Crippen molar-refractivity contribution in [3.8, 4) is 0 Å². The molecule has 0 amide bonds. The first-order valence-corrected chi connectivity index (χ1v) is 10.9. The zero-order chi connectivity index (χ0) is 21.7. The lowest BCUT2D eigenvalue weighted by Gasteiger charge is -2.36. The molecule has 1 fully saturated rings. The Hall–Kier alpha value is -2.12. The lowest BCUT2D eigenvalue weighted by Crippen LogP contribution is -2.52. The second-order valence-corrected chi connectivity index (χ2v) is 8.20. The van der Waals surface area contributed by atoms with E-state index in [0.717, 1.165) is 55.7 Å². The first kappa shape index (κ1) is 22.6. The van der Waals surface area contributed by atoms with Gasteiger partial charge in [-0.15, -0.1) is 0 Å². The Labute approximate surface area is 183 Å². The molecule has 0 aliphatic carbocycles. The van der Waals surface area contributed by atoms with E-state index >= 15 is 0 Å². The van der Waals surface area contributed by atoms with Crippen molar-refractivity contribution >= 4 is 17.6 Å². The van der Waals surface area contributed by atoms with E-state index in [9.17, 15) is 4.39 Å². The molecule has 2 heterocycles. The zero-order valence-corrected chi connectivity index (χ0v) is 19.0. The molecule has 164 valence electrons. The number of aromatic nitrogens is 1. The van der Waals surface area contributed by atoms with Gasteiger partial charge in [0.1, 0.15) is 11.6 Å². The van der Waals surface area contributed by atoms with E-state index in [4.69, 9.17) is 21.1 Å². The van der Waals surface area contributed by atoms with Gasteiger partial charge in [0.05, 0.1) is 5.69 Å². The number of aliphatic imine (C=N–C) groups is 1. The summed E-state index contributed by atoms with van der Waals surface area (Å²) in [4.78, 5) is 9.37. The van der Waals surface area contributed by atoms with Crippen LogP contribution in [0.5, 0.6) is 0 Å². The summed E-state index contributed by atoms with van der Waals surface area (Å²) in [5, 5.41) is 7.94. The van der Waals surface area contributed by atoms with E-state index in [2.05, 4.69) is 34.1 Å². The number of benzene rings is 1. The van der Waals surface area contributed by atoms with Gasteiger partial charge in [-0.1, -0.05) is 29.7 Å². The lowest BCUT2D eigenvalue weighted by atomic mass is 10.00. The van der Waals surface area contributed by atoms with Crippen LogP contribution in [0, 0.1) is 19.7 Å². The molecule has 6 nitrogen and oxygen atoms in total. The second-order valence-electron chi connectivity index (χ2n) is 7.80. The zero-order valence-electron chi connectivity index (χ0n) is 18.2. The monoisotopic (exact) mass is 435 g/mol. The molecule has 1 unspecified atom stereocenters. The fraction of sp³-hybridized carbons (Fsp3) is 0.545. The number of hydrogen-bond donors (Lipinski definition) is 1. The predicted octanol–water partition coefficient (Wildman–Crippen LogP) is 3.97. The summed E-state index contributed by atoms with van der Waals surface area (Å²) in [5.74, 6) is 1.77. The molecule has 0 spiro atoms. The normalized spacial score (nSPS) is 16.7. The number of rotatable bonds is 6. The third-order valence-corrected chi connectivity index (χ3v) is 5.90. The van der Waals surface area contributed by atoms with E-state index in [1.807, 2.05) is 13.8 Å². The third kappa shape index (κ3) is 5.32. The van der Waals surface area contributed by atoms with Crippen LogP contribution in [-0.2, 0) is 6.54 Å². The summed E-state index contributed by atoms with van der Waals surface area (Å²) in [6, 6.07) is 4.85. The Morgan fingerprint density at radius 3 is 2.63 bits per heavy atom. The van der Waals surface area contributed by atoms with Gasteiger partial charge in [0, 0.05) is 67.9 Å². The fourth-order valence-corrected chi connectivity index (χ4v) is 4.18. The van der Waals surface area contributed by atoms with Crippen molar-refractivity contribution in [1.82, 2.24) is 20.3 Å². The van der Waals surface area contributed by atoms with Crippen molar-refractivity contribution in [2.45, 2.75) is 40.2 Å². The van der Waals surface area contributed by atoms with Gasteiger partial charge in [0.15, 0.2) is 5.96 Å². The highest BCUT2D eigenvalue weighted by Gasteiger charge is 2.22. The van der Waals surface area contributed by atoms with Crippen LogP contribution in [0.1, 0.15) is 42.3 Å². The van der Waals surface area contributed by atoms with Crippen LogP contribution >= 0.6 is 11.6 Å². The van der Waals surface area contributed by atoms with E-state index < -0.39 is 0 Å². The van der Waals surface area contributed by atoms with Crippen LogP contribution in [0.4, 0.5) is 4.39 Å². The molecule has 3 rings (SSSR count). The Morgan fingerprint density at radius 1 is 1.30 bits per heavy atom. The number of piperazine rings is 1. The maximum absolute atomic E-state index is 14.1. The SMILES string of the molecule is CCNC(=NCC(C)c1c(C)noc1C)N1CCN(Cc2c(F)cccc2Cl)CC1. The molecule has 0 radical (unpaired) electrons. The van der Waals surface area contributed by atoms with Gasteiger partial charge in [-0.2, -0.15) is 0 Å². The summed E-state index contributed by atoms with van der Waals surface area (Å²) in [5.41, 5.74) is 2.64. The Bertz CT molecular complexity index is 837. The highest BCUT2D eigenvalue weighted by atomic mass is 35.5. The molecular formula is C22H31ClFN5O. The number of nitrogens with one attached hydrogen (secondary N) is 1. The third-order valence-electron chi connectivity index (χ3n) is 5.55. The minimum Gasteiger partial charge on any atom is -0.361 e. The van der Waals surface area contributed by atoms with Gasteiger partial charge in [0.2, 0.25) is 0 Å². The van der Waals surface area contributed by atoms with Crippen molar-refractivity contribution in [2.75, 3.05) is 39.3 Å². The first-order chi connectivity index (χ1) is 14.4. The summed E-state index contributed by atoms with van der Waals surface area (Å²) >= 11 is 6.19. The van der Waals surface area contributed by atoms with Gasteiger partial charge >= 0.3 is 0 Å². The molecule has 1 N–H and O–H groups in total. The average Bonchev–Trinajstić information content (AvgIpc) is 3.06. The van der Waals surface area contributed by atoms with Crippen LogP contribution in [0.3, 0.4) is 0 Å². The molecule has 30 heavy (non-hydrogen) atoms. The number of halogens is 2. The number of aryl methyl sites for hydroxylation is 2. The topological polar surface area (TPSA) is 56.9 Å². The lowest BCUT2D eigenvalue weighted by molar-refractivity contribution is 0.171. The molecule has 0 bridgehead atoms. The first-order valence-electron chi connectivity index (χ1n) is 10.5. The maximum Gasteiger partial charge on any atom is 0.194 e. The Kier molecular flexibility index (Phi) is 7.72. The van der Waals surface area contributed by atoms with Gasteiger partial charge in [-0.05, 0) is 32.9 Å². The minimum absolute atomic E-state index is 0.231. The second kappa shape index (κ2) is 10.3. The van der Waals surface area contributed by atoms with Gasteiger partial charge in [-0.25, -0.2) is 4.39 Å². The number of nitrogens with zero attached hydrogens (tertiary/aromatic N) is 4. The standard InChI is InChI=1S/C22H31ClFN5O/c1-5-25-22(26-13-15(2)21-16(3)27-30-17(21)4)29-11-9-28(10-12-29)14-18-19(23)7-6-8-20(18)24/h6-8,15H,5,9-14H2,1-4H3,(H,25,26). The molecule has 0 saturated carbocycles. The largest absolute Gasteiger partial charge is 0.361 e. The number of guanidine groups is 1. The predicted molar refractivity (Wildman–Crippen MR) is 119 cm³/mol. The van der Waals surface area contributed by atoms with Crippen LogP contribution in [0.2, 0.25) is 5.02 Å². The minimum atomic E-state index is -0.242. The molecule has 1 aromatic carbocycles. The molecule has 8 heteroatoms. The molecule has 1 atom stereocenters. The quantitative estimate of drug-likeness (QED) is 0.549. The molecule has 1 aliphatic rings. The molecule has 2 aromatic rings. The number of hydrogen-bond acceptors (Lipinski definition) is 4. The van der Waals surface area contributed by atoms with Crippen LogP contribution in [0.15, 0.2) is 27.7 Å². The highest BCUT2D eigenvalue weighted by molar-refractivity contribution is 6.31. The summed E-state index contributed by atoms with van der Waals surface area (Å²) < 4.78 is 19.4. The smallest absolute Gasteiger partial charge is 0.194 e. The summed E-state index contributed by atoms with van der Waals surface area (Å²) in [7, 11) is 0. The van der Waals surface area contributed by atoms with Crippen molar-refractivity contribution in [2.24, 2.45) is 4.99 Å². The van der Waals surface area contributed by atoms with Crippen molar-refractivity contribution in [1.29, 1.82) is 0 Å². The summed E-state index contributed by atoms with van der Waals surface area (Å²) in [6.45, 7) is 13.5. The Morgan fingerprint density at radius 2 is 2.03 bits per heavy atom. The van der Waals surface area contributed by atoms with E-state index in [0.29, 0.717) is 23.7 Å². The maximum atomic E-state index is 14.1. The van der Waals surface area contributed by atoms with Crippen LogP contribution in [-0.4, -0.2) is 60.2 Å².